The van der Waals surface area contributed by atoms with Gasteiger partial charge in [0.25, 0.3) is 0 Å². The molecule has 5 heteroatoms. The van der Waals surface area contributed by atoms with Gasteiger partial charge in [0.15, 0.2) is 0 Å². The van der Waals surface area contributed by atoms with Crippen molar-refractivity contribution in [3.8, 4) is 11.8 Å². The van der Waals surface area contributed by atoms with Gasteiger partial charge in [0.05, 0.1) is 10.6 Å². The quantitative estimate of drug-likeness (QED) is 0.737. The maximum Gasteiger partial charge on any atom is 0.140 e. The molecule has 0 aliphatic rings. The van der Waals surface area contributed by atoms with Crippen LogP contribution in [-0.2, 0) is 11.9 Å². The van der Waals surface area contributed by atoms with Crippen LogP contribution < -0.4 is 4.74 Å². The highest BCUT2D eigenvalue weighted by Gasteiger charge is 2.06. The largest absolute Gasteiger partial charge is 0.487 e. The fraction of sp³-hybridized carbons (Fsp3) is 0.133. The standard InChI is InChI=1S/C15H10BrClFNO/c16-7-10-2-4-15(13(17)6-10)20-9-11-1-3-14(18)12(5-11)8-19/h1-6H,7,9H2. The molecule has 0 radical (unpaired) electrons. The van der Waals surface area contributed by atoms with Crippen LogP contribution in [0.3, 0.4) is 0 Å². The van der Waals surface area contributed by atoms with Crippen molar-refractivity contribution in [2.45, 2.75) is 11.9 Å². The van der Waals surface area contributed by atoms with E-state index in [1.54, 1.807) is 18.2 Å². The average molecular weight is 355 g/mol. The maximum atomic E-state index is 13.2. The first-order valence-corrected chi connectivity index (χ1v) is 7.29. The second kappa shape index (κ2) is 6.74. The second-order valence-electron chi connectivity index (χ2n) is 4.11. The van der Waals surface area contributed by atoms with Crippen molar-refractivity contribution in [1.29, 1.82) is 5.26 Å². The van der Waals surface area contributed by atoms with Crippen LogP contribution in [0, 0.1) is 17.1 Å². The van der Waals surface area contributed by atoms with E-state index >= 15 is 0 Å². The molecule has 2 nitrogen and oxygen atoms in total. The summed E-state index contributed by atoms with van der Waals surface area (Å²) in [6, 6.07) is 11.6. The number of nitrogens with zero attached hydrogens (tertiary/aromatic N) is 1. The van der Waals surface area contributed by atoms with Gasteiger partial charge in [0, 0.05) is 5.33 Å². The number of benzene rings is 2. The van der Waals surface area contributed by atoms with Gasteiger partial charge in [-0.3, -0.25) is 0 Å². The van der Waals surface area contributed by atoms with E-state index in [2.05, 4.69) is 15.9 Å². The number of rotatable bonds is 4. The van der Waals surface area contributed by atoms with Gasteiger partial charge in [0.2, 0.25) is 0 Å². The highest BCUT2D eigenvalue weighted by molar-refractivity contribution is 9.08. The van der Waals surface area contributed by atoms with E-state index in [4.69, 9.17) is 21.6 Å². The normalized spacial score (nSPS) is 10.1. The Morgan fingerprint density at radius 2 is 1.95 bits per heavy atom. The van der Waals surface area contributed by atoms with Gasteiger partial charge in [-0.15, -0.1) is 0 Å². The van der Waals surface area contributed by atoms with Crippen molar-refractivity contribution < 1.29 is 9.13 Å². The molecule has 0 amide bonds. The molecule has 0 bridgehead atoms. The first kappa shape index (κ1) is 14.8. The Labute approximate surface area is 129 Å². The summed E-state index contributed by atoms with van der Waals surface area (Å²) in [6.45, 7) is 0.225. The molecule has 2 aromatic rings. The molecule has 0 aromatic heterocycles. The third-order valence-electron chi connectivity index (χ3n) is 2.70. The van der Waals surface area contributed by atoms with E-state index in [1.165, 1.54) is 12.1 Å². The van der Waals surface area contributed by atoms with Crippen LogP contribution in [-0.4, -0.2) is 0 Å². The lowest BCUT2D eigenvalue weighted by Crippen LogP contribution is -1.98. The van der Waals surface area contributed by atoms with E-state index in [0.29, 0.717) is 16.3 Å². The van der Waals surface area contributed by atoms with Crippen LogP contribution >= 0.6 is 27.5 Å². The van der Waals surface area contributed by atoms with Gasteiger partial charge >= 0.3 is 0 Å². The fourth-order valence-electron chi connectivity index (χ4n) is 1.65. The van der Waals surface area contributed by atoms with Crippen LogP contribution in [0.2, 0.25) is 5.02 Å². The number of hydrogen-bond acceptors (Lipinski definition) is 2. The lowest BCUT2D eigenvalue weighted by atomic mass is 10.1. The van der Waals surface area contributed by atoms with E-state index in [0.717, 1.165) is 10.9 Å². The summed E-state index contributed by atoms with van der Waals surface area (Å²) in [6.07, 6.45) is 0. The number of halogens is 3. The molecule has 0 saturated carbocycles. The van der Waals surface area contributed by atoms with Crippen LogP contribution in [0.25, 0.3) is 0 Å². The Balaban J connectivity index is 2.11. The molecular formula is C15H10BrClFNO. The summed E-state index contributed by atoms with van der Waals surface area (Å²) in [5, 5.41) is 10.0. The average Bonchev–Trinajstić information content (AvgIpc) is 2.47. The Kier molecular flexibility index (Phi) is 4.99. The molecule has 0 fully saturated rings. The van der Waals surface area contributed by atoms with E-state index in [9.17, 15) is 4.39 Å². The predicted octanol–water partition coefficient (Wildman–Crippen LogP) is 4.82. The molecule has 102 valence electrons. The zero-order valence-corrected chi connectivity index (χ0v) is 12.7. The highest BCUT2D eigenvalue weighted by atomic mass is 79.9. The molecule has 20 heavy (non-hydrogen) atoms. The van der Waals surface area contributed by atoms with E-state index < -0.39 is 5.82 Å². The first-order valence-electron chi connectivity index (χ1n) is 5.79. The molecule has 2 rings (SSSR count). The van der Waals surface area contributed by atoms with E-state index in [1.807, 2.05) is 12.1 Å². The summed E-state index contributed by atoms with van der Waals surface area (Å²) in [4.78, 5) is 0. The topological polar surface area (TPSA) is 33.0 Å². The Hall–Kier alpha value is -1.57. The van der Waals surface area contributed by atoms with Gasteiger partial charge in [-0.25, -0.2) is 4.39 Å². The number of alkyl halides is 1. The summed E-state index contributed by atoms with van der Waals surface area (Å²) < 4.78 is 18.8. The van der Waals surface area contributed by atoms with Gasteiger partial charge in [0.1, 0.15) is 24.2 Å². The van der Waals surface area contributed by atoms with Gasteiger partial charge < -0.3 is 4.74 Å². The molecular weight excluding hydrogens is 345 g/mol. The molecule has 0 heterocycles. The fourth-order valence-corrected chi connectivity index (χ4v) is 2.26. The lowest BCUT2D eigenvalue weighted by molar-refractivity contribution is 0.306. The van der Waals surface area contributed by atoms with Gasteiger partial charge in [-0.05, 0) is 35.4 Å². The minimum absolute atomic E-state index is 0.00633. The van der Waals surface area contributed by atoms with Crippen LogP contribution in [0.4, 0.5) is 4.39 Å². The summed E-state index contributed by atoms with van der Waals surface area (Å²) >= 11 is 9.45. The van der Waals surface area contributed by atoms with E-state index in [-0.39, 0.29) is 12.2 Å². The van der Waals surface area contributed by atoms with Crippen molar-refractivity contribution >= 4 is 27.5 Å². The third-order valence-corrected chi connectivity index (χ3v) is 3.64. The van der Waals surface area contributed by atoms with Crippen molar-refractivity contribution in [3.63, 3.8) is 0 Å². The molecule has 0 aliphatic heterocycles. The molecule has 0 saturated heterocycles. The summed E-state index contributed by atoms with van der Waals surface area (Å²) in [5.41, 5.74) is 1.77. The number of ether oxygens (including phenoxy) is 1. The molecule has 0 atom stereocenters. The Morgan fingerprint density at radius 1 is 1.20 bits per heavy atom. The maximum absolute atomic E-state index is 13.2. The van der Waals surface area contributed by atoms with Crippen molar-refractivity contribution in [2.75, 3.05) is 0 Å². The predicted molar refractivity (Wildman–Crippen MR) is 79.5 cm³/mol. The van der Waals surface area contributed by atoms with Gasteiger partial charge in [-0.2, -0.15) is 5.26 Å². The minimum Gasteiger partial charge on any atom is -0.487 e. The third kappa shape index (κ3) is 3.50. The highest BCUT2D eigenvalue weighted by Crippen LogP contribution is 2.27. The summed E-state index contributed by atoms with van der Waals surface area (Å²) in [7, 11) is 0. The first-order chi connectivity index (χ1) is 9.63. The molecule has 0 spiro atoms. The molecule has 0 unspecified atom stereocenters. The van der Waals surface area contributed by atoms with Gasteiger partial charge in [-0.1, -0.05) is 39.7 Å². The Bertz CT molecular complexity index is 669. The molecule has 0 aliphatic carbocycles. The summed E-state index contributed by atoms with van der Waals surface area (Å²) in [5.74, 6) is 0.0233. The zero-order valence-electron chi connectivity index (χ0n) is 10.4. The van der Waals surface area contributed by atoms with Crippen LogP contribution in [0.15, 0.2) is 36.4 Å². The lowest BCUT2D eigenvalue weighted by Gasteiger charge is -2.09. The smallest absolute Gasteiger partial charge is 0.140 e. The second-order valence-corrected chi connectivity index (χ2v) is 5.08. The minimum atomic E-state index is -0.532. The van der Waals surface area contributed by atoms with Crippen molar-refractivity contribution in [1.82, 2.24) is 0 Å². The number of nitriles is 1. The SMILES string of the molecule is N#Cc1cc(COc2ccc(CBr)cc2Cl)ccc1F. The van der Waals surface area contributed by atoms with Crippen LogP contribution in [0.5, 0.6) is 5.75 Å². The zero-order chi connectivity index (χ0) is 14.5. The Morgan fingerprint density at radius 3 is 2.60 bits per heavy atom. The number of hydrogen-bond donors (Lipinski definition) is 0. The molecule has 2 aromatic carbocycles. The van der Waals surface area contributed by atoms with Crippen molar-refractivity contribution in [2.24, 2.45) is 0 Å². The monoisotopic (exact) mass is 353 g/mol. The van der Waals surface area contributed by atoms with Crippen LogP contribution in [0.1, 0.15) is 16.7 Å². The van der Waals surface area contributed by atoms with Crippen molar-refractivity contribution in [3.05, 3.63) is 63.9 Å². The molecule has 0 N–H and O–H groups in total.